The number of likely N-dealkylation sites (N-methyl/N-ethyl adjacent to an activating group) is 1. The van der Waals surface area contributed by atoms with Crippen molar-refractivity contribution in [1.82, 2.24) is 0 Å². The van der Waals surface area contributed by atoms with E-state index in [1.54, 1.807) is 0 Å². The number of anilines is 1. The highest BCUT2D eigenvalue weighted by atomic mass is 16.1. The fraction of sp³-hybridized carbons (Fsp3) is 0.500. The summed E-state index contributed by atoms with van der Waals surface area (Å²) in [5.74, 6) is 0.260. The van der Waals surface area contributed by atoms with Crippen LogP contribution in [0.1, 0.15) is 26.3 Å². The van der Waals surface area contributed by atoms with Crippen molar-refractivity contribution in [3.8, 4) is 0 Å². The summed E-state index contributed by atoms with van der Waals surface area (Å²) in [4.78, 5) is 13.9. The number of carbonyl (C=O) groups is 1. The van der Waals surface area contributed by atoms with Crippen LogP contribution >= 0.6 is 0 Å². The number of ketones is 1. The van der Waals surface area contributed by atoms with E-state index in [1.807, 2.05) is 44.9 Å². The van der Waals surface area contributed by atoms with E-state index in [1.165, 1.54) is 5.56 Å². The molecule has 1 aromatic carbocycles. The van der Waals surface area contributed by atoms with Gasteiger partial charge in [-0.05, 0) is 19.1 Å². The summed E-state index contributed by atoms with van der Waals surface area (Å²) in [6, 6.07) is 8.22. The lowest BCUT2D eigenvalue weighted by molar-refractivity contribution is -0.124. The molecule has 0 aliphatic rings. The maximum absolute atomic E-state index is 11.9. The van der Waals surface area contributed by atoms with Crippen LogP contribution in [0.2, 0.25) is 0 Å². The number of hydrogen-bond acceptors (Lipinski definition) is 2. The first-order chi connectivity index (χ1) is 7.30. The number of nitrogens with zero attached hydrogens (tertiary/aromatic N) is 1. The molecule has 0 saturated heterocycles. The largest absolute Gasteiger partial charge is 0.367 e. The number of Topliss-reactive ketones (excluding diaryl/α,β-unsaturated/α-hetero) is 1. The summed E-state index contributed by atoms with van der Waals surface area (Å²) >= 11 is 0. The molecule has 0 spiro atoms. The zero-order chi connectivity index (χ0) is 12.3. The quantitative estimate of drug-likeness (QED) is 0.778. The second-order valence-electron chi connectivity index (χ2n) is 5.36. The highest BCUT2D eigenvalue weighted by Crippen LogP contribution is 2.18. The third-order valence-corrected chi connectivity index (χ3v) is 2.69. The minimum absolute atomic E-state index is 0.260. The Labute approximate surface area is 98.3 Å². The topological polar surface area (TPSA) is 20.3 Å². The fourth-order valence-electron chi connectivity index (χ4n) is 1.34. The highest BCUT2D eigenvalue weighted by molar-refractivity contribution is 5.87. The molecule has 16 heavy (non-hydrogen) atoms. The molecule has 2 nitrogen and oxygen atoms in total. The van der Waals surface area contributed by atoms with Crippen LogP contribution in [0, 0.1) is 12.3 Å². The Morgan fingerprint density at radius 2 is 1.69 bits per heavy atom. The number of hydrogen-bond donors (Lipinski definition) is 0. The lowest BCUT2D eigenvalue weighted by Crippen LogP contribution is -2.33. The van der Waals surface area contributed by atoms with Gasteiger partial charge in [0.05, 0.1) is 6.54 Å². The molecule has 0 aromatic heterocycles. The van der Waals surface area contributed by atoms with E-state index in [9.17, 15) is 4.79 Å². The molecule has 0 heterocycles. The van der Waals surface area contributed by atoms with Gasteiger partial charge in [0, 0.05) is 18.2 Å². The zero-order valence-corrected chi connectivity index (χ0v) is 10.9. The van der Waals surface area contributed by atoms with Gasteiger partial charge >= 0.3 is 0 Å². The summed E-state index contributed by atoms with van der Waals surface area (Å²) in [7, 11) is 1.95. The molecule has 0 aliphatic carbocycles. The highest BCUT2D eigenvalue weighted by Gasteiger charge is 2.22. The van der Waals surface area contributed by atoms with E-state index in [4.69, 9.17) is 0 Å². The van der Waals surface area contributed by atoms with E-state index in [2.05, 4.69) is 19.1 Å². The Morgan fingerprint density at radius 1 is 1.19 bits per heavy atom. The van der Waals surface area contributed by atoms with Crippen LogP contribution in [0.4, 0.5) is 5.69 Å². The first-order valence-electron chi connectivity index (χ1n) is 5.62. The first-order valence-corrected chi connectivity index (χ1v) is 5.62. The van der Waals surface area contributed by atoms with E-state index < -0.39 is 0 Å². The minimum Gasteiger partial charge on any atom is -0.367 e. The first kappa shape index (κ1) is 12.8. The Bertz CT molecular complexity index is 359. The van der Waals surface area contributed by atoms with Crippen LogP contribution in [0.15, 0.2) is 24.3 Å². The van der Waals surface area contributed by atoms with Crippen molar-refractivity contribution in [3.63, 3.8) is 0 Å². The second-order valence-corrected chi connectivity index (χ2v) is 5.36. The molecule has 0 fully saturated rings. The average Bonchev–Trinajstić information content (AvgIpc) is 2.17. The van der Waals surface area contributed by atoms with E-state index in [0.29, 0.717) is 6.54 Å². The maximum Gasteiger partial charge on any atom is 0.157 e. The Hall–Kier alpha value is -1.31. The van der Waals surface area contributed by atoms with Gasteiger partial charge in [-0.15, -0.1) is 0 Å². The fourth-order valence-corrected chi connectivity index (χ4v) is 1.34. The van der Waals surface area contributed by atoms with Crippen LogP contribution in [-0.2, 0) is 4.79 Å². The van der Waals surface area contributed by atoms with E-state index in [-0.39, 0.29) is 11.2 Å². The van der Waals surface area contributed by atoms with E-state index in [0.717, 1.165) is 5.69 Å². The van der Waals surface area contributed by atoms with Crippen molar-refractivity contribution >= 4 is 11.5 Å². The minimum atomic E-state index is -0.265. The van der Waals surface area contributed by atoms with Gasteiger partial charge < -0.3 is 4.90 Å². The molecule has 0 bridgehead atoms. The molecule has 0 atom stereocenters. The molecule has 0 N–H and O–H groups in total. The zero-order valence-electron chi connectivity index (χ0n) is 10.9. The normalized spacial score (nSPS) is 11.3. The molecule has 0 aliphatic heterocycles. The summed E-state index contributed by atoms with van der Waals surface area (Å²) in [5.41, 5.74) is 2.06. The number of aryl methyl sites for hydroxylation is 1. The molecular formula is C14H21NO. The number of benzene rings is 1. The maximum atomic E-state index is 11.9. The third-order valence-electron chi connectivity index (χ3n) is 2.69. The standard InChI is InChI=1S/C14H21NO/c1-11-6-8-12(9-7-11)15(5)10-13(16)14(2,3)4/h6-9H,10H2,1-5H3. The lowest BCUT2D eigenvalue weighted by atomic mass is 9.90. The molecular weight excluding hydrogens is 198 g/mol. The van der Waals surface area contributed by atoms with Crippen LogP contribution in [0.3, 0.4) is 0 Å². The Balaban J connectivity index is 2.69. The number of carbonyl (C=O) groups excluding carboxylic acids is 1. The summed E-state index contributed by atoms with van der Waals surface area (Å²) in [6.45, 7) is 8.39. The van der Waals surface area contributed by atoms with Crippen molar-refractivity contribution in [3.05, 3.63) is 29.8 Å². The van der Waals surface area contributed by atoms with Crippen molar-refractivity contribution in [2.75, 3.05) is 18.5 Å². The average molecular weight is 219 g/mol. The third kappa shape index (κ3) is 3.37. The van der Waals surface area contributed by atoms with Gasteiger partial charge in [0.25, 0.3) is 0 Å². The van der Waals surface area contributed by atoms with Gasteiger partial charge in [-0.2, -0.15) is 0 Å². The molecule has 0 saturated carbocycles. The van der Waals surface area contributed by atoms with Gasteiger partial charge in [-0.25, -0.2) is 0 Å². The SMILES string of the molecule is Cc1ccc(N(C)CC(=O)C(C)(C)C)cc1. The monoisotopic (exact) mass is 219 g/mol. The van der Waals surface area contributed by atoms with Crippen molar-refractivity contribution in [1.29, 1.82) is 0 Å². The Kier molecular flexibility index (Phi) is 3.74. The van der Waals surface area contributed by atoms with Gasteiger partial charge in [-0.3, -0.25) is 4.79 Å². The molecule has 0 amide bonds. The molecule has 0 unspecified atom stereocenters. The predicted octanol–water partition coefficient (Wildman–Crippen LogP) is 3.05. The van der Waals surface area contributed by atoms with Crippen LogP contribution in [0.25, 0.3) is 0 Å². The second kappa shape index (κ2) is 4.69. The number of rotatable bonds is 3. The van der Waals surface area contributed by atoms with Gasteiger partial charge in [0.15, 0.2) is 5.78 Å². The van der Waals surface area contributed by atoms with Gasteiger partial charge in [0.1, 0.15) is 0 Å². The smallest absolute Gasteiger partial charge is 0.157 e. The molecule has 2 heteroatoms. The predicted molar refractivity (Wildman–Crippen MR) is 68.9 cm³/mol. The van der Waals surface area contributed by atoms with E-state index >= 15 is 0 Å². The van der Waals surface area contributed by atoms with Crippen LogP contribution < -0.4 is 4.90 Å². The van der Waals surface area contributed by atoms with Crippen molar-refractivity contribution < 1.29 is 4.79 Å². The lowest BCUT2D eigenvalue weighted by Gasteiger charge is -2.24. The molecule has 0 radical (unpaired) electrons. The summed E-state index contributed by atoms with van der Waals surface area (Å²) in [6.07, 6.45) is 0. The van der Waals surface area contributed by atoms with Gasteiger partial charge in [0.2, 0.25) is 0 Å². The summed E-state index contributed by atoms with van der Waals surface area (Å²) in [5, 5.41) is 0. The Morgan fingerprint density at radius 3 is 2.12 bits per heavy atom. The summed E-state index contributed by atoms with van der Waals surface area (Å²) < 4.78 is 0. The van der Waals surface area contributed by atoms with Gasteiger partial charge in [-0.1, -0.05) is 38.5 Å². The molecule has 1 aromatic rings. The molecule has 88 valence electrons. The van der Waals surface area contributed by atoms with Crippen molar-refractivity contribution in [2.24, 2.45) is 5.41 Å². The van der Waals surface area contributed by atoms with Crippen LogP contribution in [0.5, 0.6) is 0 Å². The molecule has 1 rings (SSSR count). The van der Waals surface area contributed by atoms with Crippen molar-refractivity contribution in [2.45, 2.75) is 27.7 Å². The van der Waals surface area contributed by atoms with Crippen LogP contribution in [-0.4, -0.2) is 19.4 Å².